The Bertz CT molecular complexity index is 1120. The van der Waals surface area contributed by atoms with E-state index in [0.717, 1.165) is 11.1 Å². The second-order valence-corrected chi connectivity index (χ2v) is 9.33. The molecule has 5 nitrogen and oxygen atoms in total. The van der Waals surface area contributed by atoms with Gasteiger partial charge in [0.15, 0.2) is 0 Å². The van der Waals surface area contributed by atoms with Crippen LogP contribution in [0.1, 0.15) is 18.1 Å². The van der Waals surface area contributed by atoms with Gasteiger partial charge in [-0.3, -0.25) is 9.10 Å². The molecule has 0 aromatic heterocycles. The molecule has 31 heavy (non-hydrogen) atoms. The number of hydrogen-bond acceptors (Lipinski definition) is 3. The normalized spacial score (nSPS) is 11.2. The first kappa shape index (κ1) is 22.8. The number of aryl methyl sites for hydroxylation is 1. The average molecular weight is 457 g/mol. The number of nitrogens with zero attached hydrogens (tertiary/aromatic N) is 1. The summed E-state index contributed by atoms with van der Waals surface area (Å²) < 4.78 is 28.0. The molecule has 3 aromatic rings. The third-order valence-corrected chi connectivity index (χ3v) is 6.93. The predicted molar refractivity (Wildman–Crippen MR) is 125 cm³/mol. The Morgan fingerprint density at radius 2 is 1.58 bits per heavy atom. The molecule has 1 amide bonds. The van der Waals surface area contributed by atoms with Gasteiger partial charge in [-0.1, -0.05) is 67.1 Å². The second kappa shape index (κ2) is 10.5. The molecule has 0 atom stereocenters. The van der Waals surface area contributed by atoms with Gasteiger partial charge in [-0.15, -0.1) is 0 Å². The molecule has 0 bridgehead atoms. The molecule has 0 spiro atoms. The number of halogens is 1. The number of nitrogens with one attached hydrogen (secondary N) is 1. The van der Waals surface area contributed by atoms with Gasteiger partial charge in [-0.2, -0.15) is 0 Å². The fourth-order valence-electron chi connectivity index (χ4n) is 3.26. The summed E-state index contributed by atoms with van der Waals surface area (Å²) in [5, 5.41) is 3.49. The highest BCUT2D eigenvalue weighted by molar-refractivity contribution is 7.92. The molecule has 0 saturated heterocycles. The molecule has 0 aliphatic carbocycles. The van der Waals surface area contributed by atoms with E-state index in [4.69, 9.17) is 11.6 Å². The summed E-state index contributed by atoms with van der Waals surface area (Å²) >= 11 is 5.90. The maximum absolute atomic E-state index is 13.4. The Kier molecular flexibility index (Phi) is 7.71. The Morgan fingerprint density at radius 3 is 2.26 bits per heavy atom. The zero-order chi connectivity index (χ0) is 22.3. The Hall–Kier alpha value is -2.83. The van der Waals surface area contributed by atoms with E-state index < -0.39 is 10.0 Å². The second-order valence-electron chi connectivity index (χ2n) is 7.03. The van der Waals surface area contributed by atoms with E-state index in [1.54, 1.807) is 42.5 Å². The number of benzene rings is 3. The molecule has 0 unspecified atom stereocenters. The fraction of sp³-hybridized carbons (Fsp3) is 0.208. The average Bonchev–Trinajstić information content (AvgIpc) is 2.79. The smallest absolute Gasteiger partial charge is 0.264 e. The fourth-order valence-corrected chi connectivity index (χ4v) is 4.86. The molecule has 162 valence electrons. The van der Waals surface area contributed by atoms with Crippen molar-refractivity contribution in [2.75, 3.05) is 17.4 Å². The molecule has 0 saturated carbocycles. The summed E-state index contributed by atoms with van der Waals surface area (Å²) in [6.07, 6.45) is 1.27. The van der Waals surface area contributed by atoms with Crippen LogP contribution in [-0.2, 0) is 27.7 Å². The van der Waals surface area contributed by atoms with E-state index in [1.165, 1.54) is 16.4 Å². The van der Waals surface area contributed by atoms with Crippen LogP contribution < -0.4 is 9.62 Å². The van der Waals surface area contributed by atoms with Gasteiger partial charge in [-0.25, -0.2) is 8.42 Å². The van der Waals surface area contributed by atoms with E-state index in [9.17, 15) is 13.2 Å². The first-order valence-electron chi connectivity index (χ1n) is 10.1. The number of hydrogen-bond donors (Lipinski definition) is 1. The molecule has 0 aliphatic heterocycles. The molecule has 1 N–H and O–H groups in total. The Morgan fingerprint density at radius 1 is 0.935 bits per heavy atom. The highest BCUT2D eigenvalue weighted by atomic mass is 35.5. The zero-order valence-corrected chi connectivity index (χ0v) is 18.9. The molecule has 0 fully saturated rings. The lowest BCUT2D eigenvalue weighted by atomic mass is 10.1. The van der Waals surface area contributed by atoms with Crippen LogP contribution in [0, 0.1) is 0 Å². The van der Waals surface area contributed by atoms with Crippen molar-refractivity contribution >= 4 is 33.2 Å². The first-order chi connectivity index (χ1) is 14.9. The SMILES string of the molecule is CCc1ccccc1N(CC(=O)NCCc1ccc(Cl)cc1)S(=O)(=O)c1ccccc1. The number of amides is 1. The van der Waals surface area contributed by atoms with Gasteiger partial charge in [0.2, 0.25) is 5.91 Å². The van der Waals surface area contributed by atoms with Gasteiger partial charge < -0.3 is 5.32 Å². The third kappa shape index (κ3) is 5.87. The standard InChI is InChI=1S/C24H25ClN2O3S/c1-2-20-8-6-7-11-23(20)27(31(29,30)22-9-4-3-5-10-22)18-24(28)26-17-16-19-12-14-21(25)15-13-19/h3-15H,2,16-18H2,1H3,(H,26,28). The minimum atomic E-state index is -3.91. The number of carbonyl (C=O) groups is 1. The minimum Gasteiger partial charge on any atom is -0.354 e. The Balaban J connectivity index is 1.80. The van der Waals surface area contributed by atoms with E-state index in [-0.39, 0.29) is 17.3 Å². The van der Waals surface area contributed by atoms with Crippen molar-refractivity contribution in [2.45, 2.75) is 24.7 Å². The molecule has 0 radical (unpaired) electrons. The number of sulfonamides is 1. The van der Waals surface area contributed by atoms with Crippen LogP contribution in [0.2, 0.25) is 5.02 Å². The summed E-state index contributed by atoms with van der Waals surface area (Å²) in [6.45, 7) is 2.06. The van der Waals surface area contributed by atoms with E-state index in [1.807, 2.05) is 31.2 Å². The maximum atomic E-state index is 13.4. The summed E-state index contributed by atoms with van der Waals surface area (Å²) in [6, 6.07) is 22.8. The lowest BCUT2D eigenvalue weighted by Gasteiger charge is -2.26. The summed E-state index contributed by atoms with van der Waals surface area (Å²) in [5.74, 6) is -0.362. The monoisotopic (exact) mass is 456 g/mol. The van der Waals surface area contributed by atoms with Crippen molar-refractivity contribution in [1.82, 2.24) is 5.32 Å². The minimum absolute atomic E-state index is 0.148. The highest BCUT2D eigenvalue weighted by Crippen LogP contribution is 2.27. The van der Waals surface area contributed by atoms with Gasteiger partial charge in [0, 0.05) is 11.6 Å². The zero-order valence-electron chi connectivity index (χ0n) is 17.3. The summed E-state index contributed by atoms with van der Waals surface area (Å²) in [4.78, 5) is 12.9. The lowest BCUT2D eigenvalue weighted by Crippen LogP contribution is -2.41. The molecule has 7 heteroatoms. The van der Waals surface area contributed by atoms with Crippen LogP contribution in [0.15, 0.2) is 83.8 Å². The summed E-state index contributed by atoms with van der Waals surface area (Å²) in [5.41, 5.74) is 2.41. The van der Waals surface area contributed by atoms with Crippen LogP contribution in [0.25, 0.3) is 0 Å². The van der Waals surface area contributed by atoms with Gasteiger partial charge >= 0.3 is 0 Å². The maximum Gasteiger partial charge on any atom is 0.264 e. The van der Waals surface area contributed by atoms with Crippen molar-refractivity contribution in [1.29, 1.82) is 0 Å². The molecule has 3 aromatic carbocycles. The largest absolute Gasteiger partial charge is 0.354 e. The molecular formula is C24H25ClN2O3S. The number of carbonyl (C=O) groups excluding carboxylic acids is 1. The van der Waals surface area contributed by atoms with E-state index in [2.05, 4.69) is 5.32 Å². The predicted octanol–water partition coefficient (Wildman–Crippen LogP) is 4.46. The van der Waals surface area contributed by atoms with E-state index in [0.29, 0.717) is 30.1 Å². The van der Waals surface area contributed by atoms with Crippen molar-refractivity contribution in [2.24, 2.45) is 0 Å². The van der Waals surface area contributed by atoms with Gasteiger partial charge in [-0.05, 0) is 54.3 Å². The van der Waals surface area contributed by atoms with Crippen LogP contribution in [-0.4, -0.2) is 27.4 Å². The molecule has 3 rings (SSSR count). The lowest BCUT2D eigenvalue weighted by molar-refractivity contribution is -0.119. The Labute approximate surface area is 188 Å². The van der Waals surface area contributed by atoms with Crippen molar-refractivity contribution in [3.8, 4) is 0 Å². The summed E-state index contributed by atoms with van der Waals surface area (Å²) in [7, 11) is -3.91. The van der Waals surface area contributed by atoms with Gasteiger partial charge in [0.1, 0.15) is 6.54 Å². The number of rotatable bonds is 9. The highest BCUT2D eigenvalue weighted by Gasteiger charge is 2.28. The van der Waals surface area contributed by atoms with Crippen molar-refractivity contribution in [3.05, 3.63) is 95.0 Å². The van der Waals surface area contributed by atoms with Crippen LogP contribution in [0.4, 0.5) is 5.69 Å². The topological polar surface area (TPSA) is 66.5 Å². The number of anilines is 1. The quantitative estimate of drug-likeness (QED) is 0.517. The van der Waals surface area contributed by atoms with Crippen LogP contribution >= 0.6 is 11.6 Å². The van der Waals surface area contributed by atoms with Crippen molar-refractivity contribution in [3.63, 3.8) is 0 Å². The van der Waals surface area contributed by atoms with Gasteiger partial charge in [0.25, 0.3) is 10.0 Å². The van der Waals surface area contributed by atoms with Crippen LogP contribution in [0.5, 0.6) is 0 Å². The molecule has 0 heterocycles. The van der Waals surface area contributed by atoms with Gasteiger partial charge in [0.05, 0.1) is 10.6 Å². The molecule has 0 aliphatic rings. The number of para-hydroxylation sites is 1. The van der Waals surface area contributed by atoms with E-state index >= 15 is 0 Å². The molecular weight excluding hydrogens is 432 g/mol. The first-order valence-corrected chi connectivity index (χ1v) is 11.9. The third-order valence-electron chi connectivity index (χ3n) is 4.91. The van der Waals surface area contributed by atoms with Crippen LogP contribution in [0.3, 0.4) is 0 Å². The van der Waals surface area contributed by atoms with Crippen molar-refractivity contribution < 1.29 is 13.2 Å².